The Morgan fingerprint density at radius 1 is 1.43 bits per heavy atom. The molecule has 2 amide bonds. The zero-order chi connectivity index (χ0) is 16.2. The molecule has 0 bridgehead atoms. The molecule has 0 radical (unpaired) electrons. The average Bonchev–Trinajstić information content (AvgIpc) is 2.59. The first-order valence-electron chi connectivity index (χ1n) is 8.25. The fourth-order valence-electron chi connectivity index (χ4n) is 3.35. The molecule has 23 heavy (non-hydrogen) atoms. The van der Waals surface area contributed by atoms with Gasteiger partial charge in [0.05, 0.1) is 6.61 Å². The molecule has 0 spiro atoms. The van der Waals surface area contributed by atoms with E-state index in [4.69, 9.17) is 9.47 Å². The second-order valence-corrected chi connectivity index (χ2v) is 6.07. The number of urea groups is 1. The van der Waals surface area contributed by atoms with Gasteiger partial charge in [-0.25, -0.2) is 9.18 Å². The van der Waals surface area contributed by atoms with Crippen LogP contribution in [-0.4, -0.2) is 30.3 Å². The molecule has 0 unspecified atom stereocenters. The lowest BCUT2D eigenvalue weighted by Crippen LogP contribution is -2.48. The Balaban J connectivity index is 1.68. The maximum Gasteiger partial charge on any atom is 0.317 e. The van der Waals surface area contributed by atoms with E-state index < -0.39 is 0 Å². The minimum atomic E-state index is -0.341. The van der Waals surface area contributed by atoms with E-state index in [-0.39, 0.29) is 25.2 Å². The number of carbonyl (C=O) groups excluding carboxylic acids is 1. The van der Waals surface area contributed by atoms with Crippen LogP contribution in [0.1, 0.15) is 43.7 Å². The van der Waals surface area contributed by atoms with Crippen LogP contribution in [0.3, 0.4) is 0 Å². The molecule has 1 atom stereocenters. The predicted molar refractivity (Wildman–Crippen MR) is 83.6 cm³/mol. The van der Waals surface area contributed by atoms with Gasteiger partial charge in [0.1, 0.15) is 11.6 Å². The van der Waals surface area contributed by atoms with Gasteiger partial charge in [-0.2, -0.15) is 0 Å². The quantitative estimate of drug-likeness (QED) is 0.930. The number of rotatable bonds is 3. The van der Waals surface area contributed by atoms with Gasteiger partial charge in [-0.1, -0.05) is 6.92 Å². The number of carbonyl (C=O) groups is 1. The fraction of sp³-hybridized carbons (Fsp3) is 0.588. The van der Waals surface area contributed by atoms with Crippen LogP contribution < -0.4 is 10.1 Å². The van der Waals surface area contributed by atoms with Crippen LogP contribution in [0.25, 0.3) is 0 Å². The minimum absolute atomic E-state index is 0.0818. The highest BCUT2D eigenvalue weighted by molar-refractivity contribution is 5.74. The van der Waals surface area contributed by atoms with Gasteiger partial charge in [0, 0.05) is 30.3 Å². The van der Waals surface area contributed by atoms with Gasteiger partial charge < -0.3 is 19.7 Å². The van der Waals surface area contributed by atoms with Crippen molar-refractivity contribution >= 4 is 6.03 Å². The largest absolute Gasteiger partial charge is 0.467 e. The third-order valence-electron chi connectivity index (χ3n) is 4.54. The molecule has 0 aromatic heterocycles. The predicted octanol–water partition coefficient (Wildman–Crippen LogP) is 3.17. The number of halogens is 1. The van der Waals surface area contributed by atoms with Gasteiger partial charge in [-0.3, -0.25) is 0 Å². The topological polar surface area (TPSA) is 50.8 Å². The van der Waals surface area contributed by atoms with Crippen LogP contribution in [0.15, 0.2) is 12.1 Å². The van der Waals surface area contributed by atoms with Crippen LogP contribution in [-0.2, 0) is 17.9 Å². The number of hydrogen-bond donors (Lipinski definition) is 1. The number of likely N-dealkylation sites (tertiary alicyclic amines) is 1. The Morgan fingerprint density at radius 3 is 3.13 bits per heavy atom. The molecule has 1 aromatic carbocycles. The van der Waals surface area contributed by atoms with E-state index in [1.807, 2.05) is 4.90 Å². The van der Waals surface area contributed by atoms with Crippen molar-refractivity contribution < 1.29 is 18.7 Å². The van der Waals surface area contributed by atoms with Crippen LogP contribution in [0.4, 0.5) is 9.18 Å². The van der Waals surface area contributed by atoms with Crippen molar-refractivity contribution in [3.8, 4) is 5.75 Å². The second kappa shape index (κ2) is 7.17. The van der Waals surface area contributed by atoms with Crippen molar-refractivity contribution in [3.05, 3.63) is 29.1 Å². The van der Waals surface area contributed by atoms with Crippen molar-refractivity contribution in [2.75, 3.05) is 13.3 Å². The number of nitrogens with zero attached hydrogens (tertiary/aromatic N) is 1. The molecule has 2 heterocycles. The van der Waals surface area contributed by atoms with E-state index >= 15 is 0 Å². The number of hydrogen-bond acceptors (Lipinski definition) is 3. The molecule has 1 aromatic rings. The number of piperidine rings is 1. The lowest BCUT2D eigenvalue weighted by Gasteiger charge is -2.35. The molecular weight excluding hydrogens is 299 g/mol. The molecule has 1 saturated heterocycles. The molecular formula is C17H23FN2O3. The van der Waals surface area contributed by atoms with Crippen molar-refractivity contribution in [1.29, 1.82) is 0 Å². The third-order valence-corrected chi connectivity index (χ3v) is 4.54. The summed E-state index contributed by atoms with van der Waals surface area (Å²) in [5, 5.41) is 2.91. The lowest BCUT2D eigenvalue weighted by atomic mass is 10.0. The molecule has 6 heteroatoms. The summed E-state index contributed by atoms with van der Waals surface area (Å²) in [7, 11) is 0. The van der Waals surface area contributed by atoms with Crippen LogP contribution in [0.2, 0.25) is 0 Å². The van der Waals surface area contributed by atoms with Crippen LogP contribution in [0, 0.1) is 5.82 Å². The Labute approximate surface area is 135 Å². The molecule has 0 aliphatic carbocycles. The summed E-state index contributed by atoms with van der Waals surface area (Å²) >= 11 is 0. The summed E-state index contributed by atoms with van der Waals surface area (Å²) in [4.78, 5) is 14.4. The van der Waals surface area contributed by atoms with E-state index in [0.29, 0.717) is 29.5 Å². The second-order valence-electron chi connectivity index (χ2n) is 6.07. The highest BCUT2D eigenvalue weighted by Gasteiger charge is 2.25. The zero-order valence-corrected chi connectivity index (χ0v) is 13.4. The highest BCUT2D eigenvalue weighted by Crippen LogP contribution is 2.29. The average molecular weight is 322 g/mol. The summed E-state index contributed by atoms with van der Waals surface area (Å²) in [6.45, 7) is 3.64. The van der Waals surface area contributed by atoms with Gasteiger partial charge in [0.25, 0.3) is 0 Å². The van der Waals surface area contributed by atoms with Gasteiger partial charge in [-0.05, 0) is 37.8 Å². The van der Waals surface area contributed by atoms with E-state index in [1.165, 1.54) is 18.6 Å². The van der Waals surface area contributed by atoms with Gasteiger partial charge in [0.15, 0.2) is 6.79 Å². The summed E-state index contributed by atoms with van der Waals surface area (Å²) in [6, 6.07) is 3.05. The number of amides is 2. The van der Waals surface area contributed by atoms with Crippen molar-refractivity contribution in [2.45, 2.75) is 51.8 Å². The van der Waals surface area contributed by atoms with E-state index in [1.54, 1.807) is 0 Å². The van der Waals surface area contributed by atoms with Gasteiger partial charge >= 0.3 is 6.03 Å². The molecule has 126 valence electrons. The first-order valence-corrected chi connectivity index (χ1v) is 8.25. The van der Waals surface area contributed by atoms with Crippen molar-refractivity contribution in [2.24, 2.45) is 0 Å². The van der Waals surface area contributed by atoms with Crippen LogP contribution in [0.5, 0.6) is 5.75 Å². The molecule has 0 saturated carbocycles. The standard InChI is InChI=1S/C17H23FN2O3/c1-2-15-5-3-4-6-20(15)17(21)19-9-12-7-14(18)8-13-10-22-11-23-16(12)13/h7-8,15H,2-6,9-11H2,1H3,(H,19,21)/t15-/m1/s1. The molecule has 2 aliphatic rings. The Kier molecular flexibility index (Phi) is 5.00. The smallest absolute Gasteiger partial charge is 0.317 e. The number of ether oxygens (including phenoxy) is 2. The third kappa shape index (κ3) is 3.58. The maximum absolute atomic E-state index is 13.7. The summed E-state index contributed by atoms with van der Waals surface area (Å²) < 4.78 is 24.4. The zero-order valence-electron chi connectivity index (χ0n) is 13.4. The van der Waals surface area contributed by atoms with Crippen molar-refractivity contribution in [3.63, 3.8) is 0 Å². The molecule has 5 nitrogen and oxygen atoms in total. The molecule has 3 rings (SSSR count). The Morgan fingerprint density at radius 2 is 2.30 bits per heavy atom. The summed E-state index contributed by atoms with van der Waals surface area (Å²) in [6.07, 6.45) is 4.23. The van der Waals surface area contributed by atoms with Gasteiger partial charge in [-0.15, -0.1) is 0 Å². The monoisotopic (exact) mass is 322 g/mol. The normalized spacial score (nSPS) is 20.6. The molecule has 1 N–H and O–H groups in total. The lowest BCUT2D eigenvalue weighted by molar-refractivity contribution is -0.0173. The van der Waals surface area contributed by atoms with E-state index in [2.05, 4.69) is 12.2 Å². The number of nitrogens with one attached hydrogen (secondary N) is 1. The van der Waals surface area contributed by atoms with Crippen molar-refractivity contribution in [1.82, 2.24) is 10.2 Å². The first kappa shape index (κ1) is 16.1. The SMILES string of the molecule is CC[C@@H]1CCCCN1C(=O)NCc1cc(F)cc2c1OCOC2. The van der Waals surface area contributed by atoms with E-state index in [9.17, 15) is 9.18 Å². The Hall–Kier alpha value is -1.82. The fourth-order valence-corrected chi connectivity index (χ4v) is 3.35. The van der Waals surface area contributed by atoms with Gasteiger partial charge in [0.2, 0.25) is 0 Å². The highest BCUT2D eigenvalue weighted by atomic mass is 19.1. The van der Waals surface area contributed by atoms with Crippen LogP contribution >= 0.6 is 0 Å². The maximum atomic E-state index is 13.7. The minimum Gasteiger partial charge on any atom is -0.467 e. The van der Waals surface area contributed by atoms with E-state index in [0.717, 1.165) is 25.8 Å². The summed E-state index contributed by atoms with van der Waals surface area (Å²) in [5.41, 5.74) is 1.34. The summed E-state index contributed by atoms with van der Waals surface area (Å²) in [5.74, 6) is 0.287. The number of benzene rings is 1. The number of fused-ring (bicyclic) bond motifs is 1. The Bertz CT molecular complexity index is 579. The molecule has 2 aliphatic heterocycles. The first-order chi connectivity index (χ1) is 11.2. The molecule has 1 fully saturated rings.